The number of carbonyl (C=O) groups excluding carboxylic acids is 4. The highest BCUT2D eigenvalue weighted by Gasteiger charge is 2.39. The van der Waals surface area contributed by atoms with Crippen LogP contribution >= 0.6 is 22.6 Å². The summed E-state index contributed by atoms with van der Waals surface area (Å²) in [6.45, 7) is 8.10. The van der Waals surface area contributed by atoms with Gasteiger partial charge in [0, 0.05) is 30.5 Å². The first kappa shape index (κ1) is 31.4. The highest BCUT2D eigenvalue weighted by atomic mass is 127. The number of halogens is 1. The Morgan fingerprint density at radius 3 is 2.36 bits per heavy atom. The number of ketones is 1. The molecule has 0 unspecified atom stereocenters. The first-order valence-corrected chi connectivity index (χ1v) is 14.9. The predicted octanol–water partition coefficient (Wildman–Crippen LogP) is 5.97. The fourth-order valence-corrected chi connectivity index (χ4v) is 5.94. The number of ether oxygens (including phenoxy) is 3. The third-order valence-corrected chi connectivity index (χ3v) is 7.75. The maximum absolute atomic E-state index is 13.5. The van der Waals surface area contributed by atoms with E-state index in [4.69, 9.17) is 14.2 Å². The summed E-state index contributed by atoms with van der Waals surface area (Å²) in [7, 11) is 0. The molecule has 2 aromatic carbocycles. The molecule has 2 heterocycles. The quantitative estimate of drug-likeness (QED) is 0.111. The molecule has 10 heteroatoms. The molecule has 0 bridgehead atoms. The van der Waals surface area contributed by atoms with Gasteiger partial charge in [-0.05, 0) is 61.9 Å². The molecular weight excluding hydrogens is 651 g/mol. The van der Waals surface area contributed by atoms with Gasteiger partial charge in [0.15, 0.2) is 0 Å². The van der Waals surface area contributed by atoms with Crippen molar-refractivity contribution in [2.24, 2.45) is 0 Å². The second kappa shape index (κ2) is 13.6. The lowest BCUT2D eigenvalue weighted by molar-refractivity contribution is -0.145. The van der Waals surface area contributed by atoms with Gasteiger partial charge in [-0.1, -0.05) is 54.6 Å². The van der Waals surface area contributed by atoms with E-state index in [2.05, 4.69) is 22.6 Å². The van der Waals surface area contributed by atoms with Crippen molar-refractivity contribution in [3.05, 3.63) is 81.1 Å². The molecule has 0 amide bonds. The minimum atomic E-state index is -0.712. The molecule has 0 aliphatic carbocycles. The summed E-state index contributed by atoms with van der Waals surface area (Å²) in [5.74, 6) is -1.29. The van der Waals surface area contributed by atoms with Crippen LogP contribution in [0.5, 0.6) is 0 Å². The summed E-state index contributed by atoms with van der Waals surface area (Å²) < 4.78 is 18.5. The van der Waals surface area contributed by atoms with Gasteiger partial charge in [0.25, 0.3) is 0 Å². The van der Waals surface area contributed by atoms with Crippen LogP contribution in [0.15, 0.2) is 66.2 Å². The SMILES string of the molecule is CCOC(=O)CC(=O)CCN1CC=C(C(=O)OCc2ccccc2)[C@@H]1c1c(I)n(C(=O)OC(C)(C)C)c2ccccc12. The van der Waals surface area contributed by atoms with Gasteiger partial charge in [0.2, 0.25) is 0 Å². The van der Waals surface area contributed by atoms with Gasteiger partial charge in [-0.3, -0.25) is 14.5 Å². The Morgan fingerprint density at radius 1 is 0.976 bits per heavy atom. The topological polar surface area (TPSA) is 104 Å². The minimum absolute atomic E-state index is 0.0940. The predicted molar refractivity (Wildman–Crippen MR) is 166 cm³/mol. The Morgan fingerprint density at radius 2 is 1.67 bits per heavy atom. The van der Waals surface area contributed by atoms with Crippen LogP contribution in [0.3, 0.4) is 0 Å². The Kier molecular flexibility index (Phi) is 10.2. The average Bonchev–Trinajstić information content (AvgIpc) is 3.47. The first-order valence-electron chi connectivity index (χ1n) is 13.8. The fraction of sp³-hybridized carbons (Fsp3) is 0.375. The Balaban J connectivity index is 1.70. The van der Waals surface area contributed by atoms with E-state index in [1.807, 2.05) is 65.6 Å². The van der Waals surface area contributed by atoms with Crippen molar-refractivity contribution in [2.75, 3.05) is 19.7 Å². The highest BCUT2D eigenvalue weighted by Crippen LogP contribution is 2.42. The molecule has 9 nitrogen and oxygen atoms in total. The Bertz CT molecular complexity index is 1500. The Labute approximate surface area is 258 Å². The molecule has 0 radical (unpaired) electrons. The summed E-state index contributed by atoms with van der Waals surface area (Å²) in [5, 5.41) is 0.782. The van der Waals surface area contributed by atoms with E-state index < -0.39 is 29.7 Å². The van der Waals surface area contributed by atoms with E-state index >= 15 is 0 Å². The van der Waals surface area contributed by atoms with Crippen LogP contribution < -0.4 is 0 Å². The molecule has 0 saturated carbocycles. The summed E-state index contributed by atoms with van der Waals surface area (Å²) >= 11 is 2.12. The van der Waals surface area contributed by atoms with E-state index in [0.717, 1.165) is 16.5 Å². The van der Waals surface area contributed by atoms with Crippen molar-refractivity contribution in [1.82, 2.24) is 9.47 Å². The number of nitrogens with zero attached hydrogens (tertiary/aromatic N) is 2. The number of para-hydroxylation sites is 1. The maximum atomic E-state index is 13.5. The molecule has 1 aliphatic heterocycles. The number of fused-ring (bicyclic) bond motifs is 1. The van der Waals surface area contributed by atoms with Crippen molar-refractivity contribution in [2.45, 2.75) is 58.8 Å². The molecule has 0 N–H and O–H groups in total. The highest BCUT2D eigenvalue weighted by molar-refractivity contribution is 14.1. The molecule has 42 heavy (non-hydrogen) atoms. The molecule has 0 spiro atoms. The van der Waals surface area contributed by atoms with Crippen LogP contribution in [-0.4, -0.2) is 58.6 Å². The molecule has 222 valence electrons. The molecule has 4 rings (SSSR count). The van der Waals surface area contributed by atoms with Gasteiger partial charge < -0.3 is 14.2 Å². The number of hydrogen-bond acceptors (Lipinski definition) is 8. The van der Waals surface area contributed by atoms with Crippen molar-refractivity contribution in [1.29, 1.82) is 0 Å². The molecule has 1 aliphatic rings. The third-order valence-electron chi connectivity index (χ3n) is 6.68. The molecule has 1 aromatic heterocycles. The summed E-state index contributed by atoms with van der Waals surface area (Å²) in [5.41, 5.74) is 1.97. The third kappa shape index (κ3) is 7.46. The van der Waals surface area contributed by atoms with E-state index in [0.29, 0.717) is 21.3 Å². The van der Waals surface area contributed by atoms with Gasteiger partial charge in [-0.15, -0.1) is 0 Å². The van der Waals surface area contributed by atoms with Crippen molar-refractivity contribution >= 4 is 57.3 Å². The smallest absolute Gasteiger partial charge is 0.419 e. The van der Waals surface area contributed by atoms with Crippen LogP contribution in [0.4, 0.5) is 4.79 Å². The number of hydrogen-bond donors (Lipinski definition) is 0. The van der Waals surface area contributed by atoms with Gasteiger partial charge in [0.05, 0.1) is 27.4 Å². The van der Waals surface area contributed by atoms with Crippen molar-refractivity contribution in [3.8, 4) is 0 Å². The zero-order valence-corrected chi connectivity index (χ0v) is 26.4. The van der Waals surface area contributed by atoms with Crippen molar-refractivity contribution in [3.63, 3.8) is 0 Å². The monoisotopic (exact) mass is 686 g/mol. The zero-order chi connectivity index (χ0) is 30.4. The standard InChI is InChI=1S/C32H35IN2O7/c1-5-40-26(37)19-22(36)15-17-34-18-16-24(30(38)41-20-21-11-7-6-8-12-21)28(34)27-23-13-9-10-14-25(23)35(29(27)33)31(39)42-32(2,3)4/h6-14,16,28H,5,15,17-20H2,1-4H3/t28-/m1/s1. The average molecular weight is 687 g/mol. The number of aromatic nitrogens is 1. The maximum Gasteiger partial charge on any atom is 0.419 e. The number of carbonyl (C=O) groups is 4. The fourth-order valence-electron chi connectivity index (χ4n) is 4.90. The van der Waals surface area contributed by atoms with Crippen molar-refractivity contribution < 1.29 is 33.4 Å². The van der Waals surface area contributed by atoms with E-state index in [-0.39, 0.29) is 38.4 Å². The summed E-state index contributed by atoms with van der Waals surface area (Å²) in [4.78, 5) is 53.4. The van der Waals surface area contributed by atoms with Gasteiger partial charge >= 0.3 is 18.0 Å². The molecule has 0 fully saturated rings. The molecule has 0 saturated heterocycles. The lowest BCUT2D eigenvalue weighted by Gasteiger charge is -2.27. The summed E-state index contributed by atoms with van der Waals surface area (Å²) in [6.07, 6.45) is 1.07. The zero-order valence-electron chi connectivity index (χ0n) is 24.2. The van der Waals surface area contributed by atoms with Crippen LogP contribution in [0.2, 0.25) is 0 Å². The van der Waals surface area contributed by atoms with Crippen LogP contribution in [0.25, 0.3) is 10.9 Å². The number of rotatable bonds is 10. The van der Waals surface area contributed by atoms with E-state index in [1.165, 1.54) is 4.57 Å². The Hall–Kier alpha value is -3.51. The van der Waals surface area contributed by atoms with Crippen LogP contribution in [0, 0.1) is 3.70 Å². The summed E-state index contributed by atoms with van der Waals surface area (Å²) in [6, 6.07) is 16.3. The number of Topliss-reactive ketones (excluding diaryl/α,β-unsaturated/α-hetero) is 1. The molecule has 3 aromatic rings. The van der Waals surface area contributed by atoms with E-state index in [9.17, 15) is 19.2 Å². The van der Waals surface area contributed by atoms with Gasteiger partial charge in [0.1, 0.15) is 24.4 Å². The second-order valence-corrected chi connectivity index (χ2v) is 11.9. The first-order chi connectivity index (χ1) is 20.0. The normalized spacial score (nSPS) is 15.4. The number of esters is 2. The molecule has 1 atom stereocenters. The van der Waals surface area contributed by atoms with Crippen LogP contribution in [0.1, 0.15) is 57.7 Å². The second-order valence-electron chi connectivity index (χ2n) is 10.9. The molecular formula is C32H35IN2O7. The lowest BCUT2D eigenvalue weighted by Crippen LogP contribution is -2.31. The minimum Gasteiger partial charge on any atom is -0.466 e. The lowest BCUT2D eigenvalue weighted by atomic mass is 9.98. The van der Waals surface area contributed by atoms with Crippen LogP contribution in [-0.2, 0) is 35.2 Å². The largest absolute Gasteiger partial charge is 0.466 e. The van der Waals surface area contributed by atoms with E-state index in [1.54, 1.807) is 27.7 Å². The van der Waals surface area contributed by atoms with Gasteiger partial charge in [-0.25, -0.2) is 14.2 Å². The van der Waals surface area contributed by atoms with Gasteiger partial charge in [-0.2, -0.15) is 0 Å². The number of benzene rings is 2.